The Morgan fingerprint density at radius 2 is 2.08 bits per heavy atom. The van der Waals surface area contributed by atoms with Crippen molar-refractivity contribution in [3.8, 4) is 28.4 Å². The van der Waals surface area contributed by atoms with E-state index in [-0.39, 0.29) is 11.8 Å². The van der Waals surface area contributed by atoms with E-state index in [1.54, 1.807) is 13.3 Å². The second-order valence-corrected chi connectivity index (χ2v) is 9.10. The number of benzene rings is 2. The first-order valence-electron chi connectivity index (χ1n) is 12.3. The van der Waals surface area contributed by atoms with Gasteiger partial charge in [0.25, 0.3) is 0 Å². The fraction of sp³-hybridized carbons (Fsp3) is 0.407. The molecule has 1 fully saturated rings. The van der Waals surface area contributed by atoms with Crippen LogP contribution < -0.4 is 19.5 Å². The maximum atomic E-state index is 13.3. The van der Waals surface area contributed by atoms with Crippen molar-refractivity contribution in [2.24, 2.45) is 5.92 Å². The minimum Gasteiger partial charge on any atom is -0.497 e. The number of aromatic nitrogens is 2. The van der Waals surface area contributed by atoms with E-state index in [0.29, 0.717) is 31.1 Å². The number of nitrogens with one attached hydrogen (secondary N) is 2. The highest BCUT2D eigenvalue weighted by Crippen LogP contribution is 2.34. The quantitative estimate of drug-likeness (QED) is 0.498. The number of ether oxygens (including phenoxy) is 4. The molecule has 1 saturated heterocycles. The molecule has 1 unspecified atom stereocenters. The van der Waals surface area contributed by atoms with Gasteiger partial charge in [0.15, 0.2) is 0 Å². The summed E-state index contributed by atoms with van der Waals surface area (Å²) in [5.41, 5.74) is 4.55. The Bertz CT molecular complexity index is 1200. The molecular weight excluding hydrogens is 460 g/mol. The topological polar surface area (TPSA) is 97.9 Å². The van der Waals surface area contributed by atoms with Crippen molar-refractivity contribution in [1.29, 1.82) is 0 Å². The van der Waals surface area contributed by atoms with E-state index >= 15 is 0 Å². The van der Waals surface area contributed by atoms with E-state index in [9.17, 15) is 4.79 Å². The zero-order valence-electron chi connectivity index (χ0n) is 20.7. The minimum atomic E-state index is -0.318. The van der Waals surface area contributed by atoms with E-state index in [4.69, 9.17) is 18.9 Å². The second-order valence-electron chi connectivity index (χ2n) is 9.10. The summed E-state index contributed by atoms with van der Waals surface area (Å²) in [6.45, 7) is 6.89. The summed E-state index contributed by atoms with van der Waals surface area (Å²) in [5.74, 6) is 1.76. The van der Waals surface area contributed by atoms with Crippen LogP contribution >= 0.6 is 0 Å². The standard InChI is InChI=1S/C27H32N4O5/c1-18-23(16-28-30-18)19-3-5-24(26(15-19)35-12-9-31-7-10-34-11-8-31)29-27(32)21-13-20-14-22(33-2)4-6-25(20)36-17-21/h3-6,14-16,21H,7-13,17H2,1-2H3,(H,28,30)(H,29,32). The third-order valence-corrected chi connectivity index (χ3v) is 6.69. The molecule has 2 aliphatic heterocycles. The molecule has 1 atom stereocenters. The van der Waals surface area contributed by atoms with E-state index in [0.717, 1.165) is 66.7 Å². The van der Waals surface area contributed by atoms with Gasteiger partial charge >= 0.3 is 0 Å². The number of aryl methyl sites for hydroxylation is 1. The SMILES string of the molecule is COc1ccc2c(c1)CC(C(=O)Nc1ccc(-c3cn[nH]c3C)cc1OCCN1CCOCC1)CO2. The number of aromatic amines is 1. The van der Waals surface area contributed by atoms with Gasteiger partial charge in [-0.1, -0.05) is 6.07 Å². The van der Waals surface area contributed by atoms with Crippen LogP contribution in [0.3, 0.4) is 0 Å². The van der Waals surface area contributed by atoms with Crippen molar-refractivity contribution >= 4 is 11.6 Å². The molecule has 0 saturated carbocycles. The van der Waals surface area contributed by atoms with Gasteiger partial charge in [0.05, 0.1) is 38.1 Å². The van der Waals surface area contributed by atoms with Gasteiger partial charge < -0.3 is 24.3 Å². The van der Waals surface area contributed by atoms with Crippen molar-refractivity contribution in [3.63, 3.8) is 0 Å². The van der Waals surface area contributed by atoms with Gasteiger partial charge in [0, 0.05) is 30.9 Å². The third-order valence-electron chi connectivity index (χ3n) is 6.69. The van der Waals surface area contributed by atoms with Crippen LogP contribution in [-0.2, 0) is 16.0 Å². The number of anilines is 1. The predicted octanol–water partition coefficient (Wildman–Crippen LogP) is 3.29. The molecule has 1 amide bonds. The van der Waals surface area contributed by atoms with Crippen LogP contribution in [0.2, 0.25) is 0 Å². The Morgan fingerprint density at radius 3 is 2.86 bits per heavy atom. The molecule has 2 aromatic carbocycles. The molecule has 9 nitrogen and oxygen atoms in total. The maximum absolute atomic E-state index is 13.3. The lowest BCUT2D eigenvalue weighted by atomic mass is 9.95. The van der Waals surface area contributed by atoms with Crippen LogP contribution in [0.25, 0.3) is 11.1 Å². The summed E-state index contributed by atoms with van der Waals surface area (Å²) in [4.78, 5) is 15.6. The molecule has 36 heavy (non-hydrogen) atoms. The highest BCUT2D eigenvalue weighted by molar-refractivity contribution is 5.95. The van der Waals surface area contributed by atoms with Gasteiger partial charge in [-0.05, 0) is 54.8 Å². The highest BCUT2D eigenvalue weighted by Gasteiger charge is 2.27. The fourth-order valence-electron chi connectivity index (χ4n) is 4.56. The number of hydrogen-bond acceptors (Lipinski definition) is 7. The van der Waals surface area contributed by atoms with Crippen LogP contribution in [0.5, 0.6) is 17.2 Å². The van der Waals surface area contributed by atoms with Crippen LogP contribution in [-0.4, -0.2) is 74.2 Å². The number of nitrogens with zero attached hydrogens (tertiary/aromatic N) is 2. The first kappa shape index (κ1) is 24.1. The summed E-state index contributed by atoms with van der Waals surface area (Å²) in [5, 5.41) is 10.2. The van der Waals surface area contributed by atoms with Crippen molar-refractivity contribution in [1.82, 2.24) is 15.1 Å². The molecule has 0 bridgehead atoms. The van der Waals surface area contributed by atoms with Crippen molar-refractivity contribution in [2.45, 2.75) is 13.3 Å². The Morgan fingerprint density at radius 1 is 1.22 bits per heavy atom. The molecule has 0 aliphatic carbocycles. The molecule has 5 rings (SSSR count). The Labute approximate surface area is 210 Å². The van der Waals surface area contributed by atoms with E-state index in [2.05, 4.69) is 20.4 Å². The molecule has 3 heterocycles. The van der Waals surface area contributed by atoms with Gasteiger partial charge in [0.2, 0.25) is 5.91 Å². The largest absolute Gasteiger partial charge is 0.497 e. The normalized spacial score (nSPS) is 17.7. The first-order valence-corrected chi connectivity index (χ1v) is 12.3. The molecule has 0 spiro atoms. The molecule has 190 valence electrons. The number of hydrogen-bond donors (Lipinski definition) is 2. The molecule has 2 N–H and O–H groups in total. The summed E-state index contributed by atoms with van der Waals surface area (Å²) in [6, 6.07) is 11.5. The van der Waals surface area contributed by atoms with Crippen LogP contribution in [0.15, 0.2) is 42.6 Å². The van der Waals surface area contributed by atoms with Crippen molar-refractivity contribution in [2.75, 3.05) is 58.5 Å². The summed E-state index contributed by atoms with van der Waals surface area (Å²) in [7, 11) is 1.63. The maximum Gasteiger partial charge on any atom is 0.231 e. The van der Waals surface area contributed by atoms with Crippen LogP contribution in [0, 0.1) is 12.8 Å². The zero-order valence-corrected chi connectivity index (χ0v) is 20.7. The molecule has 3 aromatic rings. The summed E-state index contributed by atoms with van der Waals surface area (Å²) in [6.07, 6.45) is 2.38. The van der Waals surface area contributed by atoms with E-state index in [1.807, 2.05) is 43.3 Å². The van der Waals surface area contributed by atoms with Gasteiger partial charge in [-0.3, -0.25) is 14.8 Å². The number of carbonyl (C=O) groups is 1. The lowest BCUT2D eigenvalue weighted by Gasteiger charge is -2.27. The van der Waals surface area contributed by atoms with Gasteiger partial charge in [-0.25, -0.2) is 0 Å². The number of rotatable bonds is 8. The number of fused-ring (bicyclic) bond motifs is 1. The average molecular weight is 493 g/mol. The van der Waals surface area contributed by atoms with Crippen LogP contribution in [0.4, 0.5) is 5.69 Å². The van der Waals surface area contributed by atoms with Crippen molar-refractivity contribution in [3.05, 3.63) is 53.9 Å². The third kappa shape index (κ3) is 5.47. The van der Waals surface area contributed by atoms with Crippen LogP contribution in [0.1, 0.15) is 11.3 Å². The van der Waals surface area contributed by atoms with Gasteiger partial charge in [-0.2, -0.15) is 5.10 Å². The molecule has 1 aromatic heterocycles. The average Bonchev–Trinajstić information content (AvgIpc) is 3.35. The Balaban J connectivity index is 1.31. The zero-order chi connectivity index (χ0) is 24.9. The molecule has 0 radical (unpaired) electrons. The molecular formula is C27H32N4O5. The Hall–Kier alpha value is -3.56. The molecule has 9 heteroatoms. The number of morpholine rings is 1. The first-order chi connectivity index (χ1) is 17.6. The van der Waals surface area contributed by atoms with Gasteiger partial charge in [0.1, 0.15) is 30.5 Å². The smallest absolute Gasteiger partial charge is 0.231 e. The minimum absolute atomic E-state index is 0.103. The lowest BCUT2D eigenvalue weighted by molar-refractivity contribution is -0.121. The van der Waals surface area contributed by atoms with Gasteiger partial charge in [-0.15, -0.1) is 0 Å². The summed E-state index contributed by atoms with van der Waals surface area (Å²) >= 11 is 0. The molecule has 2 aliphatic rings. The number of H-pyrrole nitrogens is 1. The highest BCUT2D eigenvalue weighted by atomic mass is 16.5. The lowest BCUT2D eigenvalue weighted by Crippen LogP contribution is -2.38. The summed E-state index contributed by atoms with van der Waals surface area (Å²) < 4.78 is 22.8. The number of carbonyl (C=O) groups excluding carboxylic acids is 1. The van der Waals surface area contributed by atoms with Crippen molar-refractivity contribution < 1.29 is 23.7 Å². The van der Waals surface area contributed by atoms with E-state index in [1.165, 1.54) is 0 Å². The predicted molar refractivity (Wildman–Crippen MR) is 136 cm³/mol. The fourth-order valence-corrected chi connectivity index (χ4v) is 4.56. The second kappa shape index (κ2) is 11.0. The number of amides is 1. The monoisotopic (exact) mass is 492 g/mol. The number of methoxy groups -OCH3 is 1. The van der Waals surface area contributed by atoms with E-state index < -0.39 is 0 Å². The Kier molecular flexibility index (Phi) is 7.39.